The lowest BCUT2D eigenvalue weighted by Gasteiger charge is -2.34. The summed E-state index contributed by atoms with van der Waals surface area (Å²) in [4.78, 5) is 4.78. The Morgan fingerprint density at radius 1 is 1.39 bits per heavy atom. The fourth-order valence-corrected chi connectivity index (χ4v) is 4.17. The lowest BCUT2D eigenvalue weighted by Crippen LogP contribution is -2.40. The van der Waals surface area contributed by atoms with Crippen LogP contribution in [0.4, 0.5) is 0 Å². The van der Waals surface area contributed by atoms with E-state index < -0.39 is 0 Å². The number of rotatable bonds is 2. The van der Waals surface area contributed by atoms with Gasteiger partial charge in [0, 0.05) is 29.6 Å². The summed E-state index contributed by atoms with van der Waals surface area (Å²) in [5.41, 5.74) is 7.11. The Hall–Kier alpha value is -0.490. The third-order valence-electron chi connectivity index (χ3n) is 3.64. The van der Waals surface area contributed by atoms with Crippen molar-refractivity contribution in [3.8, 4) is 0 Å². The number of hydrogen-bond donors (Lipinski definition) is 1. The van der Waals surface area contributed by atoms with Gasteiger partial charge in [0.25, 0.3) is 0 Å². The molecule has 96 valence electrons. The number of thiazole rings is 1. The van der Waals surface area contributed by atoms with Gasteiger partial charge in [-0.25, -0.2) is 4.98 Å². The first kappa shape index (κ1) is 12.5. The average Bonchev–Trinajstić information content (AvgIpc) is 2.83. The molecule has 18 heavy (non-hydrogen) atoms. The van der Waals surface area contributed by atoms with Gasteiger partial charge in [0.15, 0.2) is 0 Å². The van der Waals surface area contributed by atoms with Crippen LogP contribution in [0, 0.1) is 0 Å². The van der Waals surface area contributed by atoms with Crippen molar-refractivity contribution in [3.05, 3.63) is 27.7 Å². The minimum atomic E-state index is 0.0222. The molecule has 1 aromatic carbocycles. The molecule has 2 aromatic rings. The van der Waals surface area contributed by atoms with Crippen LogP contribution in [0.5, 0.6) is 0 Å². The average molecular weight is 327 g/mol. The highest BCUT2D eigenvalue weighted by Crippen LogP contribution is 2.38. The van der Waals surface area contributed by atoms with Crippen LogP contribution in [0.3, 0.4) is 0 Å². The van der Waals surface area contributed by atoms with Crippen LogP contribution in [0.25, 0.3) is 10.2 Å². The summed E-state index contributed by atoms with van der Waals surface area (Å²) in [6, 6.07) is 6.22. The molecule has 0 bridgehead atoms. The van der Waals surface area contributed by atoms with Gasteiger partial charge in [-0.3, -0.25) is 0 Å². The van der Waals surface area contributed by atoms with E-state index in [1.165, 1.54) is 9.71 Å². The van der Waals surface area contributed by atoms with E-state index in [1.807, 2.05) is 6.07 Å². The van der Waals surface area contributed by atoms with Gasteiger partial charge in [0.05, 0.1) is 10.2 Å². The fourth-order valence-electron chi connectivity index (χ4n) is 2.39. The van der Waals surface area contributed by atoms with Gasteiger partial charge in [0.2, 0.25) is 0 Å². The first-order valence-corrected chi connectivity index (χ1v) is 7.69. The van der Waals surface area contributed by atoms with Crippen molar-refractivity contribution in [3.63, 3.8) is 0 Å². The van der Waals surface area contributed by atoms with Gasteiger partial charge in [-0.05, 0) is 31.0 Å². The standard InChI is InChI=1S/C13H15BrN2OS/c14-9-1-2-10-11(7-9)18-12(16-10)13(8-15)3-5-17-6-4-13/h1-2,7H,3-6,8,15H2. The summed E-state index contributed by atoms with van der Waals surface area (Å²) in [5.74, 6) is 0. The Morgan fingerprint density at radius 3 is 2.89 bits per heavy atom. The largest absolute Gasteiger partial charge is 0.381 e. The molecule has 0 atom stereocenters. The minimum Gasteiger partial charge on any atom is -0.381 e. The van der Waals surface area contributed by atoms with E-state index in [0.717, 1.165) is 36.0 Å². The number of benzene rings is 1. The summed E-state index contributed by atoms with van der Waals surface area (Å²) in [5, 5.41) is 1.17. The normalized spacial score (nSPS) is 19.2. The molecule has 0 amide bonds. The molecular formula is C13H15BrN2OS. The number of halogens is 1. The Labute approximate surface area is 118 Å². The van der Waals surface area contributed by atoms with Gasteiger partial charge in [-0.15, -0.1) is 11.3 Å². The molecule has 1 aromatic heterocycles. The van der Waals surface area contributed by atoms with Crippen molar-refractivity contribution < 1.29 is 4.74 Å². The summed E-state index contributed by atoms with van der Waals surface area (Å²) in [6.07, 6.45) is 1.95. The molecule has 5 heteroatoms. The van der Waals surface area contributed by atoms with Crippen LogP contribution in [0.15, 0.2) is 22.7 Å². The molecule has 2 heterocycles. The maximum Gasteiger partial charge on any atom is 0.101 e. The molecule has 1 fully saturated rings. The van der Waals surface area contributed by atoms with Crippen LogP contribution in [-0.4, -0.2) is 24.7 Å². The highest BCUT2D eigenvalue weighted by Gasteiger charge is 2.36. The molecule has 0 unspecified atom stereocenters. The number of nitrogens with two attached hydrogens (primary N) is 1. The zero-order valence-corrected chi connectivity index (χ0v) is 12.4. The Kier molecular flexibility index (Phi) is 3.40. The lowest BCUT2D eigenvalue weighted by atomic mass is 9.81. The van der Waals surface area contributed by atoms with Crippen molar-refractivity contribution in [2.45, 2.75) is 18.3 Å². The van der Waals surface area contributed by atoms with Gasteiger partial charge < -0.3 is 10.5 Å². The first-order chi connectivity index (χ1) is 8.73. The van der Waals surface area contributed by atoms with Gasteiger partial charge >= 0.3 is 0 Å². The van der Waals surface area contributed by atoms with Crippen molar-refractivity contribution in [1.29, 1.82) is 0 Å². The molecule has 2 N–H and O–H groups in total. The van der Waals surface area contributed by atoms with Gasteiger partial charge in [0.1, 0.15) is 5.01 Å². The summed E-state index contributed by atoms with van der Waals surface area (Å²) in [7, 11) is 0. The molecule has 0 spiro atoms. The number of hydrogen-bond acceptors (Lipinski definition) is 4. The number of aromatic nitrogens is 1. The highest BCUT2D eigenvalue weighted by molar-refractivity contribution is 9.10. The fraction of sp³-hybridized carbons (Fsp3) is 0.462. The Balaban J connectivity index is 2.06. The Morgan fingerprint density at radius 2 is 2.17 bits per heavy atom. The topological polar surface area (TPSA) is 48.1 Å². The van der Waals surface area contributed by atoms with Gasteiger partial charge in [-0.2, -0.15) is 0 Å². The SMILES string of the molecule is NCC1(c2nc3ccc(Br)cc3s2)CCOCC1. The van der Waals surface area contributed by atoms with Crippen molar-refractivity contribution >= 4 is 37.5 Å². The van der Waals surface area contributed by atoms with Crippen LogP contribution in [0.1, 0.15) is 17.8 Å². The predicted molar refractivity (Wildman–Crippen MR) is 78.1 cm³/mol. The monoisotopic (exact) mass is 326 g/mol. The molecule has 1 aliphatic heterocycles. The number of nitrogens with zero attached hydrogens (tertiary/aromatic N) is 1. The van der Waals surface area contributed by atoms with E-state index in [4.69, 9.17) is 15.5 Å². The molecule has 0 saturated carbocycles. The highest BCUT2D eigenvalue weighted by atomic mass is 79.9. The third kappa shape index (κ3) is 2.09. The number of fused-ring (bicyclic) bond motifs is 1. The van der Waals surface area contributed by atoms with Crippen molar-refractivity contribution in [2.75, 3.05) is 19.8 Å². The molecule has 1 aliphatic rings. The first-order valence-electron chi connectivity index (χ1n) is 6.08. The second-order valence-electron chi connectivity index (χ2n) is 4.73. The van der Waals surface area contributed by atoms with Crippen LogP contribution in [0.2, 0.25) is 0 Å². The van der Waals surface area contributed by atoms with Crippen molar-refractivity contribution in [1.82, 2.24) is 4.98 Å². The van der Waals surface area contributed by atoms with E-state index in [-0.39, 0.29) is 5.41 Å². The van der Waals surface area contributed by atoms with Gasteiger partial charge in [-0.1, -0.05) is 15.9 Å². The van der Waals surface area contributed by atoms with E-state index >= 15 is 0 Å². The van der Waals surface area contributed by atoms with Crippen molar-refractivity contribution in [2.24, 2.45) is 5.73 Å². The molecule has 1 saturated heterocycles. The summed E-state index contributed by atoms with van der Waals surface area (Å²) < 4.78 is 7.77. The maximum atomic E-state index is 6.02. The predicted octanol–water partition coefficient (Wildman–Crippen LogP) is 3.07. The van der Waals surface area contributed by atoms with E-state index in [0.29, 0.717) is 6.54 Å². The summed E-state index contributed by atoms with van der Waals surface area (Å²) >= 11 is 5.27. The van der Waals surface area contributed by atoms with Crippen LogP contribution >= 0.6 is 27.3 Å². The second-order valence-corrected chi connectivity index (χ2v) is 6.67. The molecule has 0 aliphatic carbocycles. The second kappa shape index (κ2) is 4.89. The molecular weight excluding hydrogens is 312 g/mol. The van der Waals surface area contributed by atoms with E-state index in [2.05, 4.69) is 28.1 Å². The Bertz CT molecular complexity index is 563. The van der Waals surface area contributed by atoms with E-state index in [1.54, 1.807) is 11.3 Å². The smallest absolute Gasteiger partial charge is 0.101 e. The zero-order chi connectivity index (χ0) is 12.6. The van der Waals surface area contributed by atoms with Crippen LogP contribution in [-0.2, 0) is 10.2 Å². The summed E-state index contributed by atoms with van der Waals surface area (Å²) in [6.45, 7) is 2.23. The van der Waals surface area contributed by atoms with E-state index in [9.17, 15) is 0 Å². The van der Waals surface area contributed by atoms with Crippen LogP contribution < -0.4 is 5.73 Å². The maximum absolute atomic E-state index is 6.02. The molecule has 3 nitrogen and oxygen atoms in total. The number of ether oxygens (including phenoxy) is 1. The molecule has 3 rings (SSSR count). The lowest BCUT2D eigenvalue weighted by molar-refractivity contribution is 0.0529. The molecule has 0 radical (unpaired) electrons. The minimum absolute atomic E-state index is 0.0222. The quantitative estimate of drug-likeness (QED) is 0.922. The zero-order valence-electron chi connectivity index (χ0n) is 9.99. The third-order valence-corrected chi connectivity index (χ3v) is 5.40.